The van der Waals surface area contributed by atoms with Gasteiger partial charge in [-0.05, 0) is 64.1 Å². The van der Waals surface area contributed by atoms with Gasteiger partial charge in [0.05, 0.1) is 24.6 Å². The van der Waals surface area contributed by atoms with Crippen LogP contribution in [0.2, 0.25) is 0 Å². The molecule has 2 amide bonds. The Kier molecular flexibility index (Phi) is 9.05. The van der Waals surface area contributed by atoms with E-state index in [1.54, 1.807) is 67.6 Å². The minimum Gasteiger partial charge on any atom is -0.492 e. The molecule has 1 atom stereocenters. The summed E-state index contributed by atoms with van der Waals surface area (Å²) in [5.41, 5.74) is 2.68. The summed E-state index contributed by atoms with van der Waals surface area (Å²) in [7, 11) is 0. The molecule has 0 aliphatic carbocycles. The van der Waals surface area contributed by atoms with Crippen molar-refractivity contribution in [2.24, 2.45) is 0 Å². The molecule has 0 bridgehead atoms. The normalized spacial score (nSPS) is 11.2. The van der Waals surface area contributed by atoms with Crippen molar-refractivity contribution in [3.05, 3.63) is 77.9 Å². The first-order valence-electron chi connectivity index (χ1n) is 11.8. The van der Waals surface area contributed by atoms with Crippen LogP contribution in [-0.4, -0.2) is 36.9 Å². The molecule has 0 fully saturated rings. The maximum atomic E-state index is 12.8. The Morgan fingerprint density at radius 2 is 1.36 bits per heavy atom. The standard InChI is InChI=1S/C28H31N3O5/c1-5-35-25-17-24(31-28(34)21-10-8-7-9-11-21)26(36-6-2)16-23(25)29-18(3)27(33)30-22-14-12-20(13-15-22)19(4)32/h7-18,29H,5-6H2,1-4H3,(H,30,33)(H,31,34). The lowest BCUT2D eigenvalue weighted by molar-refractivity contribution is -0.116. The fourth-order valence-electron chi connectivity index (χ4n) is 3.44. The topological polar surface area (TPSA) is 106 Å². The molecule has 0 spiro atoms. The summed E-state index contributed by atoms with van der Waals surface area (Å²) in [5, 5.41) is 8.89. The maximum absolute atomic E-state index is 12.8. The van der Waals surface area contributed by atoms with Gasteiger partial charge in [-0.25, -0.2) is 0 Å². The minimum atomic E-state index is -0.629. The van der Waals surface area contributed by atoms with Crippen molar-refractivity contribution in [3.63, 3.8) is 0 Å². The summed E-state index contributed by atoms with van der Waals surface area (Å²) in [4.78, 5) is 37.0. The van der Waals surface area contributed by atoms with E-state index in [4.69, 9.17) is 9.47 Å². The van der Waals surface area contributed by atoms with E-state index >= 15 is 0 Å². The molecule has 0 aromatic heterocycles. The van der Waals surface area contributed by atoms with Crippen molar-refractivity contribution in [2.45, 2.75) is 33.7 Å². The van der Waals surface area contributed by atoms with Gasteiger partial charge < -0.3 is 25.4 Å². The molecular formula is C28H31N3O5. The Hall–Kier alpha value is -4.33. The summed E-state index contributed by atoms with van der Waals surface area (Å²) < 4.78 is 11.6. The summed E-state index contributed by atoms with van der Waals surface area (Å²) in [6.07, 6.45) is 0. The third kappa shape index (κ3) is 6.85. The highest BCUT2D eigenvalue weighted by Gasteiger charge is 2.19. The molecule has 8 nitrogen and oxygen atoms in total. The van der Waals surface area contributed by atoms with Crippen molar-refractivity contribution in [3.8, 4) is 11.5 Å². The zero-order valence-electron chi connectivity index (χ0n) is 20.9. The predicted octanol–water partition coefficient (Wildman–Crippen LogP) is 5.38. The number of amides is 2. The maximum Gasteiger partial charge on any atom is 0.255 e. The predicted molar refractivity (Wildman–Crippen MR) is 141 cm³/mol. The second-order valence-corrected chi connectivity index (χ2v) is 8.02. The number of ketones is 1. The molecule has 3 rings (SSSR count). The van der Waals surface area contributed by atoms with Crippen LogP contribution in [-0.2, 0) is 4.79 Å². The van der Waals surface area contributed by atoms with Crippen molar-refractivity contribution in [1.82, 2.24) is 0 Å². The number of hydrogen-bond acceptors (Lipinski definition) is 6. The number of rotatable bonds is 11. The third-order valence-corrected chi connectivity index (χ3v) is 5.29. The van der Waals surface area contributed by atoms with Crippen LogP contribution in [0.15, 0.2) is 66.7 Å². The summed E-state index contributed by atoms with van der Waals surface area (Å²) in [6.45, 7) is 7.68. The van der Waals surface area contributed by atoms with Crippen LogP contribution in [0.4, 0.5) is 17.1 Å². The second kappa shape index (κ2) is 12.4. The average Bonchev–Trinajstić information content (AvgIpc) is 2.87. The van der Waals surface area contributed by atoms with Crippen LogP contribution in [0.5, 0.6) is 11.5 Å². The first kappa shape index (κ1) is 26.3. The minimum absolute atomic E-state index is 0.0418. The Balaban J connectivity index is 1.80. The Bertz CT molecular complexity index is 1210. The average molecular weight is 490 g/mol. The van der Waals surface area contributed by atoms with Crippen LogP contribution >= 0.6 is 0 Å². The van der Waals surface area contributed by atoms with Crippen LogP contribution < -0.4 is 25.4 Å². The van der Waals surface area contributed by atoms with Gasteiger partial charge in [-0.2, -0.15) is 0 Å². The third-order valence-electron chi connectivity index (χ3n) is 5.29. The molecule has 8 heteroatoms. The van der Waals surface area contributed by atoms with Gasteiger partial charge >= 0.3 is 0 Å². The van der Waals surface area contributed by atoms with E-state index in [0.717, 1.165) is 0 Å². The number of benzene rings is 3. The van der Waals surface area contributed by atoms with E-state index in [-0.39, 0.29) is 17.6 Å². The number of ether oxygens (including phenoxy) is 2. The monoisotopic (exact) mass is 489 g/mol. The van der Waals surface area contributed by atoms with Crippen molar-refractivity contribution < 1.29 is 23.9 Å². The van der Waals surface area contributed by atoms with Gasteiger partial charge in [-0.3, -0.25) is 14.4 Å². The van der Waals surface area contributed by atoms with Gasteiger partial charge in [0, 0.05) is 28.9 Å². The number of nitrogens with one attached hydrogen (secondary N) is 3. The van der Waals surface area contributed by atoms with Gasteiger partial charge in [-0.15, -0.1) is 0 Å². The van der Waals surface area contributed by atoms with E-state index in [1.807, 2.05) is 19.9 Å². The quantitative estimate of drug-likeness (QED) is 0.312. The zero-order chi connectivity index (χ0) is 26.1. The lowest BCUT2D eigenvalue weighted by Gasteiger charge is -2.21. The fourth-order valence-corrected chi connectivity index (χ4v) is 3.44. The zero-order valence-corrected chi connectivity index (χ0v) is 20.9. The van der Waals surface area contributed by atoms with Gasteiger partial charge in [0.15, 0.2) is 5.78 Å². The molecule has 188 valence electrons. The Labute approximate surface area is 211 Å². The van der Waals surface area contributed by atoms with Gasteiger partial charge in [0.25, 0.3) is 5.91 Å². The summed E-state index contributed by atoms with van der Waals surface area (Å²) in [5.74, 6) is 0.325. The Morgan fingerprint density at radius 3 is 1.94 bits per heavy atom. The lowest BCUT2D eigenvalue weighted by atomic mass is 10.1. The largest absolute Gasteiger partial charge is 0.492 e. The van der Waals surface area contributed by atoms with Crippen LogP contribution in [0.25, 0.3) is 0 Å². The molecule has 0 aliphatic heterocycles. The number of carbonyl (C=O) groups excluding carboxylic acids is 3. The summed E-state index contributed by atoms with van der Waals surface area (Å²) in [6, 6.07) is 18.3. The summed E-state index contributed by atoms with van der Waals surface area (Å²) >= 11 is 0. The molecule has 0 saturated carbocycles. The molecule has 36 heavy (non-hydrogen) atoms. The van der Waals surface area contributed by atoms with E-state index in [1.165, 1.54) is 6.92 Å². The number of anilines is 3. The highest BCUT2D eigenvalue weighted by Crippen LogP contribution is 2.37. The van der Waals surface area contributed by atoms with E-state index in [0.29, 0.717) is 52.9 Å². The number of hydrogen-bond donors (Lipinski definition) is 3. The van der Waals surface area contributed by atoms with E-state index < -0.39 is 6.04 Å². The molecular weight excluding hydrogens is 458 g/mol. The highest BCUT2D eigenvalue weighted by atomic mass is 16.5. The molecule has 0 saturated heterocycles. The SMILES string of the molecule is CCOc1cc(NC(C)C(=O)Nc2ccc(C(C)=O)cc2)c(OCC)cc1NC(=O)c1ccccc1. The molecule has 0 aliphatic rings. The van der Waals surface area contributed by atoms with Crippen LogP contribution in [0.1, 0.15) is 48.4 Å². The molecule has 0 heterocycles. The van der Waals surface area contributed by atoms with Crippen molar-refractivity contribution in [2.75, 3.05) is 29.2 Å². The van der Waals surface area contributed by atoms with E-state index in [9.17, 15) is 14.4 Å². The Morgan fingerprint density at radius 1 is 0.778 bits per heavy atom. The number of carbonyl (C=O) groups is 3. The first-order valence-corrected chi connectivity index (χ1v) is 11.8. The highest BCUT2D eigenvalue weighted by molar-refractivity contribution is 6.05. The smallest absolute Gasteiger partial charge is 0.255 e. The van der Waals surface area contributed by atoms with Crippen molar-refractivity contribution >= 4 is 34.7 Å². The lowest BCUT2D eigenvalue weighted by Crippen LogP contribution is -2.32. The van der Waals surface area contributed by atoms with E-state index in [2.05, 4.69) is 16.0 Å². The molecule has 1 unspecified atom stereocenters. The van der Waals surface area contributed by atoms with Gasteiger partial charge in [0.2, 0.25) is 5.91 Å². The number of Topliss-reactive ketones (excluding diaryl/α,β-unsaturated/α-hetero) is 1. The fraction of sp³-hybridized carbons (Fsp3) is 0.250. The van der Waals surface area contributed by atoms with Gasteiger partial charge in [-0.1, -0.05) is 18.2 Å². The van der Waals surface area contributed by atoms with Crippen LogP contribution in [0.3, 0.4) is 0 Å². The second-order valence-electron chi connectivity index (χ2n) is 8.02. The van der Waals surface area contributed by atoms with Crippen molar-refractivity contribution in [1.29, 1.82) is 0 Å². The van der Waals surface area contributed by atoms with Gasteiger partial charge in [0.1, 0.15) is 17.5 Å². The molecule has 0 radical (unpaired) electrons. The molecule has 3 aromatic rings. The molecule has 3 aromatic carbocycles. The van der Waals surface area contributed by atoms with Crippen LogP contribution in [0, 0.1) is 0 Å². The molecule has 3 N–H and O–H groups in total. The first-order chi connectivity index (χ1) is 17.3.